The molecule has 0 radical (unpaired) electrons. The van der Waals surface area contributed by atoms with Crippen molar-refractivity contribution < 1.29 is 23.1 Å². The van der Waals surface area contributed by atoms with Crippen molar-refractivity contribution in [2.45, 2.75) is 17.4 Å². The van der Waals surface area contributed by atoms with Crippen LogP contribution in [0.2, 0.25) is 0 Å². The second-order valence-corrected chi connectivity index (χ2v) is 5.78. The van der Waals surface area contributed by atoms with Crippen molar-refractivity contribution in [3.63, 3.8) is 0 Å². The van der Waals surface area contributed by atoms with E-state index in [0.717, 1.165) is 6.26 Å². The first kappa shape index (κ1) is 14.5. The van der Waals surface area contributed by atoms with Crippen molar-refractivity contribution in [3.05, 3.63) is 24.3 Å². The van der Waals surface area contributed by atoms with E-state index in [1.165, 1.54) is 24.3 Å². The smallest absolute Gasteiger partial charge is 0.344 e. The fourth-order valence-electron chi connectivity index (χ4n) is 1.31. The number of rotatable bonds is 6. The van der Waals surface area contributed by atoms with E-state index in [4.69, 9.17) is 15.6 Å². The SMILES string of the molecule is CS(=O)(=O)c1ccc(OC(CCN)C(=O)O)cc1. The molecular formula is C11H15NO5S. The first-order valence-corrected chi connectivity index (χ1v) is 7.13. The lowest BCUT2D eigenvalue weighted by Crippen LogP contribution is -2.29. The van der Waals surface area contributed by atoms with Crippen LogP contribution in [0.1, 0.15) is 6.42 Å². The van der Waals surface area contributed by atoms with Crippen molar-refractivity contribution in [3.8, 4) is 5.75 Å². The van der Waals surface area contributed by atoms with Gasteiger partial charge in [0.15, 0.2) is 15.9 Å². The summed E-state index contributed by atoms with van der Waals surface area (Å²) in [5.74, 6) is -0.809. The van der Waals surface area contributed by atoms with E-state index in [1.807, 2.05) is 0 Å². The summed E-state index contributed by atoms with van der Waals surface area (Å²) in [6.45, 7) is 0.193. The highest BCUT2D eigenvalue weighted by Gasteiger charge is 2.18. The highest BCUT2D eigenvalue weighted by atomic mass is 32.2. The fourth-order valence-corrected chi connectivity index (χ4v) is 1.94. The first-order chi connectivity index (χ1) is 8.34. The molecule has 1 atom stereocenters. The number of sulfone groups is 1. The molecule has 0 aliphatic carbocycles. The number of ether oxygens (including phenoxy) is 1. The zero-order chi connectivity index (χ0) is 13.8. The predicted octanol–water partition coefficient (Wildman–Crippen LogP) is 0.271. The Hall–Kier alpha value is -1.60. The minimum absolute atomic E-state index is 0.153. The van der Waals surface area contributed by atoms with Crippen LogP contribution in [0, 0.1) is 0 Å². The summed E-state index contributed by atoms with van der Waals surface area (Å²) < 4.78 is 27.7. The summed E-state index contributed by atoms with van der Waals surface area (Å²) in [6, 6.07) is 5.57. The average molecular weight is 273 g/mol. The predicted molar refractivity (Wildman–Crippen MR) is 65.3 cm³/mol. The molecule has 0 aromatic heterocycles. The van der Waals surface area contributed by atoms with Crippen molar-refractivity contribution in [2.24, 2.45) is 5.73 Å². The van der Waals surface area contributed by atoms with E-state index in [1.54, 1.807) is 0 Å². The lowest BCUT2D eigenvalue weighted by molar-refractivity contribution is -0.145. The molecule has 0 spiro atoms. The summed E-state index contributed by atoms with van der Waals surface area (Å²) in [5, 5.41) is 8.87. The molecule has 3 N–H and O–H groups in total. The summed E-state index contributed by atoms with van der Waals surface area (Å²) in [4.78, 5) is 11.0. The number of hydrogen-bond acceptors (Lipinski definition) is 5. The first-order valence-electron chi connectivity index (χ1n) is 5.24. The van der Waals surface area contributed by atoms with Crippen LogP contribution in [-0.2, 0) is 14.6 Å². The quantitative estimate of drug-likeness (QED) is 0.770. The van der Waals surface area contributed by atoms with Gasteiger partial charge in [-0.05, 0) is 30.8 Å². The van der Waals surface area contributed by atoms with Crippen LogP contribution in [0.15, 0.2) is 29.2 Å². The van der Waals surface area contributed by atoms with E-state index < -0.39 is 21.9 Å². The molecule has 0 heterocycles. The minimum Gasteiger partial charge on any atom is -0.479 e. The van der Waals surface area contributed by atoms with Gasteiger partial charge in [0.2, 0.25) is 0 Å². The topological polar surface area (TPSA) is 107 Å². The Morgan fingerprint density at radius 3 is 2.33 bits per heavy atom. The zero-order valence-electron chi connectivity index (χ0n) is 9.87. The van der Waals surface area contributed by atoms with Crippen LogP contribution in [0.25, 0.3) is 0 Å². The van der Waals surface area contributed by atoms with Crippen LogP contribution >= 0.6 is 0 Å². The number of carboxylic acids is 1. The van der Waals surface area contributed by atoms with E-state index in [0.29, 0.717) is 5.75 Å². The third-order valence-corrected chi connectivity index (χ3v) is 3.36. The molecule has 7 heteroatoms. The summed E-state index contributed by atoms with van der Waals surface area (Å²) in [6.07, 6.45) is 0.250. The number of carbonyl (C=O) groups is 1. The lowest BCUT2D eigenvalue weighted by atomic mass is 10.2. The van der Waals surface area contributed by atoms with Gasteiger partial charge in [0.05, 0.1) is 4.90 Å². The Labute approximate surface area is 105 Å². The molecule has 18 heavy (non-hydrogen) atoms. The number of nitrogens with two attached hydrogens (primary N) is 1. The van der Waals surface area contributed by atoms with Gasteiger partial charge < -0.3 is 15.6 Å². The van der Waals surface area contributed by atoms with Crippen LogP contribution in [0.5, 0.6) is 5.75 Å². The molecule has 0 fully saturated rings. The number of benzene rings is 1. The molecule has 0 aliphatic heterocycles. The van der Waals surface area contributed by atoms with E-state index in [-0.39, 0.29) is 17.9 Å². The highest BCUT2D eigenvalue weighted by Crippen LogP contribution is 2.17. The van der Waals surface area contributed by atoms with Crippen molar-refractivity contribution in [1.29, 1.82) is 0 Å². The zero-order valence-corrected chi connectivity index (χ0v) is 10.7. The maximum atomic E-state index is 11.2. The molecule has 100 valence electrons. The number of hydrogen-bond donors (Lipinski definition) is 2. The summed E-state index contributed by atoms with van der Waals surface area (Å²) in [7, 11) is -3.27. The van der Waals surface area contributed by atoms with Gasteiger partial charge in [-0.3, -0.25) is 0 Å². The molecule has 6 nitrogen and oxygen atoms in total. The molecule has 0 bridgehead atoms. The maximum absolute atomic E-state index is 11.2. The minimum atomic E-state index is -3.27. The Kier molecular flexibility index (Phi) is 4.69. The van der Waals surface area contributed by atoms with Crippen LogP contribution < -0.4 is 10.5 Å². The van der Waals surface area contributed by atoms with Gasteiger partial charge >= 0.3 is 5.97 Å². The van der Waals surface area contributed by atoms with Crippen LogP contribution in [0.3, 0.4) is 0 Å². The van der Waals surface area contributed by atoms with Gasteiger partial charge in [-0.25, -0.2) is 13.2 Å². The van der Waals surface area contributed by atoms with Crippen LogP contribution in [-0.4, -0.2) is 38.4 Å². The van der Waals surface area contributed by atoms with Crippen molar-refractivity contribution >= 4 is 15.8 Å². The second-order valence-electron chi connectivity index (χ2n) is 3.77. The second kappa shape index (κ2) is 5.83. The molecule has 1 aromatic carbocycles. The molecule has 1 aromatic rings. The lowest BCUT2D eigenvalue weighted by Gasteiger charge is -2.14. The van der Waals surface area contributed by atoms with Gasteiger partial charge in [0.25, 0.3) is 0 Å². The van der Waals surface area contributed by atoms with Crippen LogP contribution in [0.4, 0.5) is 0 Å². The average Bonchev–Trinajstić information content (AvgIpc) is 2.28. The van der Waals surface area contributed by atoms with Crippen molar-refractivity contribution in [2.75, 3.05) is 12.8 Å². The summed E-state index contributed by atoms with van der Waals surface area (Å²) >= 11 is 0. The third kappa shape index (κ3) is 4.01. The molecule has 1 rings (SSSR count). The Morgan fingerprint density at radius 1 is 1.39 bits per heavy atom. The largest absolute Gasteiger partial charge is 0.479 e. The Balaban J connectivity index is 2.83. The van der Waals surface area contributed by atoms with Crippen molar-refractivity contribution in [1.82, 2.24) is 0 Å². The van der Waals surface area contributed by atoms with E-state index >= 15 is 0 Å². The molecule has 0 amide bonds. The normalized spacial score (nSPS) is 13.0. The standard InChI is InChI=1S/C11H15NO5S/c1-18(15,16)9-4-2-8(3-5-9)17-10(6-7-12)11(13)14/h2-5,10H,6-7,12H2,1H3,(H,13,14). The highest BCUT2D eigenvalue weighted by molar-refractivity contribution is 7.90. The van der Waals surface area contributed by atoms with Gasteiger partial charge in [-0.1, -0.05) is 0 Å². The monoisotopic (exact) mass is 273 g/mol. The molecule has 0 aliphatic rings. The molecular weight excluding hydrogens is 258 g/mol. The Morgan fingerprint density at radius 2 is 1.94 bits per heavy atom. The maximum Gasteiger partial charge on any atom is 0.344 e. The summed E-state index contributed by atoms with van der Waals surface area (Å²) in [5.41, 5.74) is 5.28. The number of aliphatic carboxylic acids is 1. The van der Waals surface area contributed by atoms with E-state index in [9.17, 15) is 13.2 Å². The molecule has 0 saturated carbocycles. The fraction of sp³-hybridized carbons (Fsp3) is 0.364. The third-order valence-electron chi connectivity index (χ3n) is 2.23. The Bertz CT molecular complexity index is 509. The van der Waals surface area contributed by atoms with Gasteiger partial charge in [0, 0.05) is 12.7 Å². The molecule has 0 saturated heterocycles. The molecule has 1 unspecified atom stereocenters. The van der Waals surface area contributed by atoms with Gasteiger partial charge in [0.1, 0.15) is 5.75 Å². The van der Waals surface area contributed by atoms with E-state index in [2.05, 4.69) is 0 Å². The van der Waals surface area contributed by atoms with Gasteiger partial charge in [-0.2, -0.15) is 0 Å². The number of carboxylic acid groups (broad SMARTS) is 1. The van der Waals surface area contributed by atoms with Gasteiger partial charge in [-0.15, -0.1) is 0 Å².